The fraction of sp³-hybridized carbons (Fsp3) is 0.634. The van der Waals surface area contributed by atoms with Crippen LogP contribution in [0.3, 0.4) is 0 Å². The Morgan fingerprint density at radius 2 is 1.34 bits per heavy atom. The molecule has 3 heterocycles. The first-order chi connectivity index (χ1) is 29.2. The summed E-state index contributed by atoms with van der Waals surface area (Å²) in [5.74, 6) is -2.19. The summed E-state index contributed by atoms with van der Waals surface area (Å²) in [7, 11) is 0. The number of ether oxygens (including phenoxy) is 6. The number of hydrogen-bond donors (Lipinski definition) is 13. The van der Waals surface area contributed by atoms with E-state index in [9.17, 15) is 71.2 Å². The Balaban J connectivity index is 1.62. The highest BCUT2D eigenvalue weighted by Crippen LogP contribution is 2.43. The van der Waals surface area contributed by atoms with Crippen molar-refractivity contribution in [1.29, 1.82) is 0 Å². The van der Waals surface area contributed by atoms with Crippen LogP contribution in [-0.2, 0) is 39.8 Å². The summed E-state index contributed by atoms with van der Waals surface area (Å²) < 4.78 is 34.6. The molecule has 0 spiro atoms. The van der Waals surface area contributed by atoms with E-state index in [4.69, 9.17) is 28.4 Å². The predicted octanol–water partition coefficient (Wildman–Crippen LogP) is -2.14. The van der Waals surface area contributed by atoms with Crippen molar-refractivity contribution in [2.75, 3.05) is 19.8 Å². The molecule has 3 saturated heterocycles. The van der Waals surface area contributed by atoms with Crippen LogP contribution in [0.15, 0.2) is 60.7 Å². The molecule has 0 saturated carbocycles. The van der Waals surface area contributed by atoms with Gasteiger partial charge in [-0.3, -0.25) is 0 Å². The van der Waals surface area contributed by atoms with Crippen LogP contribution in [0.5, 0.6) is 11.5 Å². The van der Waals surface area contributed by atoms with Gasteiger partial charge in [0.1, 0.15) is 84.7 Å². The number of phenols is 2. The molecule has 61 heavy (non-hydrogen) atoms. The van der Waals surface area contributed by atoms with E-state index in [1.807, 2.05) is 12.2 Å². The van der Waals surface area contributed by atoms with Crippen LogP contribution in [0.25, 0.3) is 0 Å². The number of aromatic hydroxyl groups is 2. The van der Waals surface area contributed by atoms with Gasteiger partial charge in [-0.15, -0.1) is 0 Å². The Kier molecular flexibility index (Phi) is 20.1. The lowest BCUT2D eigenvalue weighted by Crippen LogP contribution is -2.66. The van der Waals surface area contributed by atoms with Gasteiger partial charge in [0.15, 0.2) is 18.7 Å². The number of carbonyl (C=O) groups is 1. The van der Waals surface area contributed by atoms with Gasteiger partial charge in [0.25, 0.3) is 0 Å². The van der Waals surface area contributed by atoms with Crippen molar-refractivity contribution in [2.45, 2.75) is 144 Å². The zero-order valence-corrected chi connectivity index (χ0v) is 33.5. The van der Waals surface area contributed by atoms with Crippen LogP contribution >= 0.6 is 0 Å². The molecule has 0 aliphatic carbocycles. The summed E-state index contributed by atoms with van der Waals surface area (Å²) in [6, 6.07) is 1.97. The third-order valence-corrected chi connectivity index (χ3v) is 10.4. The zero-order valence-electron chi connectivity index (χ0n) is 33.5. The molecule has 344 valence electrons. The van der Waals surface area contributed by atoms with Crippen LogP contribution in [0.4, 0.5) is 0 Å². The molecule has 0 bridgehead atoms. The van der Waals surface area contributed by atoms with Gasteiger partial charge in [-0.1, -0.05) is 62.3 Å². The lowest BCUT2D eigenvalue weighted by Gasteiger charge is -2.49. The quantitative estimate of drug-likeness (QED) is 0.0288. The molecule has 4 rings (SSSR count). The van der Waals surface area contributed by atoms with Crippen LogP contribution in [0.1, 0.15) is 56.3 Å². The summed E-state index contributed by atoms with van der Waals surface area (Å²) in [5, 5.41) is 136. The number of carbonyl (C=O) groups excluding carboxylic acids is 1. The summed E-state index contributed by atoms with van der Waals surface area (Å²) in [6.07, 6.45) is -11.2. The minimum atomic E-state index is -2.02. The fourth-order valence-corrected chi connectivity index (χ4v) is 7.11. The summed E-state index contributed by atoms with van der Waals surface area (Å²) >= 11 is 0. The number of esters is 1. The summed E-state index contributed by atoms with van der Waals surface area (Å²) in [5.41, 5.74) is -0.361. The van der Waals surface area contributed by atoms with Crippen molar-refractivity contribution >= 4 is 5.97 Å². The molecule has 20 nitrogen and oxygen atoms in total. The van der Waals surface area contributed by atoms with Gasteiger partial charge in [-0.25, -0.2) is 4.79 Å². The van der Waals surface area contributed by atoms with E-state index >= 15 is 0 Å². The number of unbranched alkanes of at least 4 members (excludes halogenated alkanes) is 3. The highest BCUT2D eigenvalue weighted by atomic mass is 16.8. The maximum absolute atomic E-state index is 13.3. The van der Waals surface area contributed by atoms with E-state index in [0.717, 1.165) is 43.9 Å². The normalized spacial score (nSPS) is 35.4. The lowest BCUT2D eigenvalue weighted by atomic mass is 9.88. The molecule has 20 heteroatoms. The SMILES string of the molecule is CCCCC/C=C/C=C/[C@@H](O)C/C=C/C=C/C(=O)O[C@H]1[C@@H](O)[C@H](c2c(O)cc(O)cc2CO)O[C@H](CO)[C@H]1O[C@@H]1O[C@@H](CO)[C@H](O)[C@H](O)[C@@H]1O[C@@H]1O[C@@H](CO)[C@H](O)[C@H](O)[C@@H]1O. The highest BCUT2D eigenvalue weighted by Gasteiger charge is 2.55. The van der Waals surface area contributed by atoms with E-state index in [1.54, 1.807) is 18.2 Å². The van der Waals surface area contributed by atoms with Gasteiger partial charge in [-0.2, -0.15) is 0 Å². The average molecular weight is 873 g/mol. The monoisotopic (exact) mass is 872 g/mol. The Morgan fingerprint density at radius 1 is 0.705 bits per heavy atom. The number of hydrogen-bond acceptors (Lipinski definition) is 20. The molecule has 3 fully saturated rings. The number of aliphatic hydroxyl groups excluding tert-OH is 11. The Labute approximate surface area is 352 Å². The average Bonchev–Trinajstić information content (AvgIpc) is 3.24. The van der Waals surface area contributed by atoms with Gasteiger partial charge < -0.3 is 94.8 Å². The molecule has 1 aromatic carbocycles. The number of phenolic OH excluding ortho intramolecular Hbond substituents is 2. The van der Waals surface area contributed by atoms with Crippen LogP contribution in [0, 0.1) is 0 Å². The minimum absolute atomic E-state index is 0.112. The molecular formula is C41H60O20. The topological polar surface area (TPSA) is 335 Å². The molecule has 13 N–H and O–H groups in total. The summed E-state index contributed by atoms with van der Waals surface area (Å²) in [4.78, 5) is 13.3. The molecule has 0 aromatic heterocycles. The number of rotatable bonds is 20. The Hall–Kier alpha value is -3.39. The van der Waals surface area contributed by atoms with Crippen molar-refractivity contribution in [3.63, 3.8) is 0 Å². The van der Waals surface area contributed by atoms with Gasteiger partial charge in [0, 0.05) is 17.7 Å². The maximum atomic E-state index is 13.3. The van der Waals surface area contributed by atoms with Gasteiger partial charge in [0.05, 0.1) is 32.5 Å². The van der Waals surface area contributed by atoms with Crippen LogP contribution < -0.4 is 0 Å². The van der Waals surface area contributed by atoms with Gasteiger partial charge >= 0.3 is 5.97 Å². The molecule has 0 amide bonds. The Bertz CT molecular complexity index is 1620. The van der Waals surface area contributed by atoms with Crippen LogP contribution in [-0.4, -0.2) is 184 Å². The number of allylic oxidation sites excluding steroid dienone is 5. The maximum Gasteiger partial charge on any atom is 0.331 e. The van der Waals surface area contributed by atoms with E-state index in [1.165, 1.54) is 12.2 Å². The Morgan fingerprint density at radius 3 is 2.00 bits per heavy atom. The molecule has 0 radical (unpaired) electrons. The van der Waals surface area contributed by atoms with E-state index in [-0.39, 0.29) is 17.5 Å². The molecule has 0 unspecified atom stereocenters. The van der Waals surface area contributed by atoms with Crippen molar-refractivity contribution < 1.29 is 99.6 Å². The largest absolute Gasteiger partial charge is 0.508 e. The van der Waals surface area contributed by atoms with E-state index in [2.05, 4.69) is 6.92 Å². The van der Waals surface area contributed by atoms with Gasteiger partial charge in [0.2, 0.25) is 0 Å². The summed E-state index contributed by atoms with van der Waals surface area (Å²) in [6.45, 7) is -1.34. The molecule has 1 aromatic rings. The second-order valence-electron chi connectivity index (χ2n) is 14.9. The molecule has 3 aliphatic rings. The standard InChI is InChI=1S/C41H60O20/c1-2-3-4-5-6-7-9-12-22(46)13-10-8-11-14-28(49)59-38-35(55)37(29-21(17-42)15-23(47)16-24(29)48)56-27(20-45)36(38)60-41-39(33(53)31(51)26(19-44)58-41)61-40-34(54)32(52)30(50)25(18-43)57-40/h6-12,14-16,22,25-27,30-48,50-55H,2-5,13,17-20H2,1H3/b7-6+,10-8+,12-9+,14-11+/t22-,25+,26+,27-,30+,31+,32+,33+,34+,35+,36-,37+,38+,39+,40+,41+/m1/s1. The molecular weight excluding hydrogens is 812 g/mol. The van der Waals surface area contributed by atoms with E-state index < -0.39 is 142 Å². The third-order valence-electron chi connectivity index (χ3n) is 10.4. The molecule has 3 aliphatic heterocycles. The minimum Gasteiger partial charge on any atom is -0.508 e. The fourth-order valence-electron chi connectivity index (χ4n) is 7.11. The van der Waals surface area contributed by atoms with Crippen molar-refractivity contribution in [2.24, 2.45) is 0 Å². The van der Waals surface area contributed by atoms with Crippen LogP contribution in [0.2, 0.25) is 0 Å². The second kappa shape index (κ2) is 24.5. The number of benzene rings is 1. The smallest absolute Gasteiger partial charge is 0.331 e. The number of aliphatic hydroxyl groups is 11. The first-order valence-corrected chi connectivity index (χ1v) is 20.1. The zero-order chi connectivity index (χ0) is 44.8. The predicted molar refractivity (Wildman–Crippen MR) is 209 cm³/mol. The van der Waals surface area contributed by atoms with Crippen molar-refractivity contribution in [3.05, 3.63) is 71.9 Å². The van der Waals surface area contributed by atoms with Gasteiger partial charge in [-0.05, 0) is 30.9 Å². The highest BCUT2D eigenvalue weighted by molar-refractivity contribution is 5.82. The first kappa shape index (κ1) is 50.3. The van der Waals surface area contributed by atoms with Crippen molar-refractivity contribution in [3.8, 4) is 11.5 Å². The molecule has 16 atom stereocenters. The first-order valence-electron chi connectivity index (χ1n) is 20.1. The third kappa shape index (κ3) is 13.1. The second-order valence-corrected chi connectivity index (χ2v) is 14.9. The lowest BCUT2D eigenvalue weighted by molar-refractivity contribution is -0.383. The van der Waals surface area contributed by atoms with E-state index in [0.29, 0.717) is 0 Å². The van der Waals surface area contributed by atoms with Crippen molar-refractivity contribution in [1.82, 2.24) is 0 Å².